The lowest BCUT2D eigenvalue weighted by molar-refractivity contribution is 0.189. The number of H-pyrrole nitrogens is 1. The SMILES string of the molecule is COc1cc(C)c2[nH]ccc2c1C(O)c1cc2ccccc2o1. The molecule has 4 aromatic rings. The van der Waals surface area contributed by atoms with E-state index in [1.807, 2.05) is 55.6 Å². The van der Waals surface area contributed by atoms with Gasteiger partial charge in [0, 0.05) is 28.0 Å². The fourth-order valence-electron chi connectivity index (χ4n) is 3.13. The number of methoxy groups -OCH3 is 1. The highest BCUT2D eigenvalue weighted by Crippen LogP contribution is 2.39. The summed E-state index contributed by atoms with van der Waals surface area (Å²) in [5.74, 6) is 1.17. The van der Waals surface area contributed by atoms with Gasteiger partial charge in [0.05, 0.1) is 7.11 Å². The summed E-state index contributed by atoms with van der Waals surface area (Å²) in [7, 11) is 1.61. The summed E-state index contributed by atoms with van der Waals surface area (Å²) < 4.78 is 11.3. The molecule has 2 aromatic heterocycles. The number of aryl methyl sites for hydroxylation is 1. The standard InChI is InChI=1S/C19H17NO3/c1-11-9-15(22-2)17(13-7-8-20-18(11)13)19(21)16-10-12-5-3-4-6-14(12)23-16/h3-10,19-21H,1-2H3. The summed E-state index contributed by atoms with van der Waals surface area (Å²) in [4.78, 5) is 3.22. The maximum Gasteiger partial charge on any atom is 0.141 e. The van der Waals surface area contributed by atoms with Crippen molar-refractivity contribution in [3.8, 4) is 5.75 Å². The number of aliphatic hydroxyl groups excluding tert-OH is 1. The van der Waals surface area contributed by atoms with Gasteiger partial charge in [-0.1, -0.05) is 18.2 Å². The lowest BCUT2D eigenvalue weighted by atomic mass is 9.99. The largest absolute Gasteiger partial charge is 0.496 e. The third-order valence-corrected chi connectivity index (χ3v) is 4.25. The minimum Gasteiger partial charge on any atom is -0.496 e. The van der Waals surface area contributed by atoms with Crippen molar-refractivity contribution in [2.45, 2.75) is 13.0 Å². The molecule has 1 unspecified atom stereocenters. The zero-order valence-electron chi connectivity index (χ0n) is 13.0. The number of aromatic amines is 1. The van der Waals surface area contributed by atoms with Crippen LogP contribution in [0.3, 0.4) is 0 Å². The Morgan fingerprint density at radius 2 is 2.00 bits per heavy atom. The number of hydrogen-bond acceptors (Lipinski definition) is 3. The van der Waals surface area contributed by atoms with Crippen LogP contribution in [-0.4, -0.2) is 17.2 Å². The van der Waals surface area contributed by atoms with Crippen molar-refractivity contribution in [1.82, 2.24) is 4.98 Å². The molecule has 0 aliphatic carbocycles. The maximum absolute atomic E-state index is 10.9. The summed E-state index contributed by atoms with van der Waals surface area (Å²) >= 11 is 0. The van der Waals surface area contributed by atoms with E-state index in [1.54, 1.807) is 7.11 Å². The molecule has 0 bridgehead atoms. The van der Waals surface area contributed by atoms with Gasteiger partial charge in [-0.2, -0.15) is 0 Å². The van der Waals surface area contributed by atoms with Crippen LogP contribution in [0.15, 0.2) is 53.1 Å². The van der Waals surface area contributed by atoms with Gasteiger partial charge in [0.25, 0.3) is 0 Å². The molecule has 2 N–H and O–H groups in total. The maximum atomic E-state index is 10.9. The fraction of sp³-hybridized carbons (Fsp3) is 0.158. The Hall–Kier alpha value is -2.72. The van der Waals surface area contributed by atoms with Crippen molar-refractivity contribution in [1.29, 1.82) is 0 Å². The van der Waals surface area contributed by atoms with Crippen LogP contribution in [0.25, 0.3) is 21.9 Å². The van der Waals surface area contributed by atoms with Crippen molar-refractivity contribution in [2.75, 3.05) is 7.11 Å². The molecule has 0 saturated heterocycles. The Labute approximate surface area is 133 Å². The monoisotopic (exact) mass is 307 g/mol. The Morgan fingerprint density at radius 1 is 1.17 bits per heavy atom. The quantitative estimate of drug-likeness (QED) is 0.593. The van der Waals surface area contributed by atoms with E-state index in [1.165, 1.54) is 0 Å². The molecule has 1 atom stereocenters. The predicted octanol–water partition coefficient (Wildman–Crippen LogP) is 4.31. The summed E-state index contributed by atoms with van der Waals surface area (Å²) in [6.07, 6.45) is 0.975. The first-order valence-electron chi connectivity index (χ1n) is 7.50. The zero-order chi connectivity index (χ0) is 16.0. The van der Waals surface area contributed by atoms with Gasteiger partial charge in [-0.25, -0.2) is 0 Å². The van der Waals surface area contributed by atoms with E-state index in [4.69, 9.17) is 9.15 Å². The first-order chi connectivity index (χ1) is 11.2. The number of benzene rings is 2. The van der Waals surface area contributed by atoms with E-state index in [0.29, 0.717) is 17.1 Å². The average Bonchev–Trinajstić information content (AvgIpc) is 3.20. The molecule has 0 radical (unpaired) electrons. The number of nitrogens with one attached hydrogen (secondary N) is 1. The van der Waals surface area contributed by atoms with Crippen LogP contribution in [0.5, 0.6) is 5.75 Å². The molecule has 0 amide bonds. The molecule has 4 rings (SSSR count). The van der Waals surface area contributed by atoms with Crippen molar-refractivity contribution < 1.29 is 14.3 Å². The minimum atomic E-state index is -0.892. The van der Waals surface area contributed by atoms with E-state index in [9.17, 15) is 5.11 Å². The molecule has 2 aromatic carbocycles. The lowest BCUT2D eigenvalue weighted by Gasteiger charge is -2.15. The van der Waals surface area contributed by atoms with E-state index >= 15 is 0 Å². The number of rotatable bonds is 3. The van der Waals surface area contributed by atoms with Gasteiger partial charge in [0.15, 0.2) is 0 Å². The van der Waals surface area contributed by atoms with Crippen molar-refractivity contribution >= 4 is 21.9 Å². The van der Waals surface area contributed by atoms with E-state index in [0.717, 1.165) is 27.4 Å². The van der Waals surface area contributed by atoms with Gasteiger partial charge in [-0.3, -0.25) is 0 Å². The predicted molar refractivity (Wildman–Crippen MR) is 89.9 cm³/mol. The number of aliphatic hydroxyl groups is 1. The Balaban J connectivity index is 1.93. The molecule has 2 heterocycles. The van der Waals surface area contributed by atoms with Gasteiger partial charge in [0.2, 0.25) is 0 Å². The Kier molecular flexibility index (Phi) is 3.13. The second-order valence-electron chi connectivity index (χ2n) is 5.66. The normalized spacial score (nSPS) is 12.8. The van der Waals surface area contributed by atoms with Gasteiger partial charge < -0.3 is 19.2 Å². The number of hydrogen-bond donors (Lipinski definition) is 2. The molecule has 0 saturated carbocycles. The van der Waals surface area contributed by atoms with Gasteiger partial charge in [-0.15, -0.1) is 0 Å². The topological polar surface area (TPSA) is 58.4 Å². The van der Waals surface area contributed by atoms with Crippen molar-refractivity contribution in [3.63, 3.8) is 0 Å². The number of furan rings is 1. The molecule has 0 spiro atoms. The summed E-state index contributed by atoms with van der Waals surface area (Å²) in [6.45, 7) is 2.01. The van der Waals surface area contributed by atoms with Crippen LogP contribution in [-0.2, 0) is 0 Å². The summed E-state index contributed by atoms with van der Waals surface area (Å²) in [5.41, 5.74) is 3.55. The number of fused-ring (bicyclic) bond motifs is 2. The van der Waals surface area contributed by atoms with Crippen molar-refractivity contribution in [2.24, 2.45) is 0 Å². The molecule has 116 valence electrons. The minimum absolute atomic E-state index is 0.510. The first-order valence-corrected chi connectivity index (χ1v) is 7.50. The van der Waals surface area contributed by atoms with Crippen molar-refractivity contribution in [3.05, 3.63) is 65.5 Å². The number of para-hydroxylation sites is 1. The van der Waals surface area contributed by atoms with E-state index in [-0.39, 0.29) is 0 Å². The van der Waals surface area contributed by atoms with E-state index in [2.05, 4.69) is 4.98 Å². The van der Waals surface area contributed by atoms with Crippen LogP contribution >= 0.6 is 0 Å². The number of ether oxygens (including phenoxy) is 1. The first kappa shape index (κ1) is 13.9. The fourth-order valence-corrected chi connectivity index (χ4v) is 3.13. The summed E-state index contributed by atoms with van der Waals surface area (Å²) in [5, 5.41) is 12.8. The van der Waals surface area contributed by atoms with Crippen LogP contribution in [0.4, 0.5) is 0 Å². The van der Waals surface area contributed by atoms with E-state index < -0.39 is 6.10 Å². The van der Waals surface area contributed by atoms with Crippen LogP contribution in [0.1, 0.15) is 23.0 Å². The van der Waals surface area contributed by atoms with Gasteiger partial charge in [-0.05, 0) is 36.8 Å². The van der Waals surface area contributed by atoms with Crippen LogP contribution in [0, 0.1) is 6.92 Å². The molecule has 4 heteroatoms. The highest BCUT2D eigenvalue weighted by Gasteiger charge is 2.23. The van der Waals surface area contributed by atoms with Crippen LogP contribution < -0.4 is 4.74 Å². The third kappa shape index (κ3) is 2.11. The smallest absolute Gasteiger partial charge is 0.141 e. The molecular formula is C19H17NO3. The molecular weight excluding hydrogens is 290 g/mol. The van der Waals surface area contributed by atoms with Gasteiger partial charge >= 0.3 is 0 Å². The molecule has 0 aliphatic heterocycles. The second-order valence-corrected chi connectivity index (χ2v) is 5.66. The molecule has 0 aliphatic rings. The van der Waals surface area contributed by atoms with Gasteiger partial charge in [0.1, 0.15) is 23.2 Å². The highest BCUT2D eigenvalue weighted by molar-refractivity contribution is 5.89. The zero-order valence-corrected chi connectivity index (χ0v) is 13.0. The third-order valence-electron chi connectivity index (χ3n) is 4.25. The Bertz CT molecular complexity index is 963. The second kappa shape index (κ2) is 5.18. The number of aromatic nitrogens is 1. The highest BCUT2D eigenvalue weighted by atomic mass is 16.5. The Morgan fingerprint density at radius 3 is 2.78 bits per heavy atom. The average molecular weight is 307 g/mol. The molecule has 23 heavy (non-hydrogen) atoms. The molecule has 0 fully saturated rings. The summed E-state index contributed by atoms with van der Waals surface area (Å²) in [6, 6.07) is 13.5. The lowest BCUT2D eigenvalue weighted by Crippen LogP contribution is -2.03. The van der Waals surface area contributed by atoms with Crippen LogP contribution in [0.2, 0.25) is 0 Å². The molecule has 4 nitrogen and oxygen atoms in total.